The Morgan fingerprint density at radius 2 is 2.14 bits per heavy atom. The van der Waals surface area contributed by atoms with Crippen molar-refractivity contribution in [2.24, 2.45) is 0 Å². The van der Waals surface area contributed by atoms with Crippen LogP contribution in [0.25, 0.3) is 0 Å². The Hall–Kier alpha value is -1.03. The number of halogens is 1. The first-order valence-electron chi connectivity index (χ1n) is 4.46. The molecule has 0 radical (unpaired) electrons. The van der Waals surface area contributed by atoms with Gasteiger partial charge in [-0.1, -0.05) is 15.9 Å². The summed E-state index contributed by atoms with van der Waals surface area (Å²) in [7, 11) is 0. The topological polar surface area (TPSA) is 41.1 Å². The Labute approximate surface area is 91.0 Å². The third-order valence-corrected chi connectivity index (χ3v) is 3.27. The van der Waals surface area contributed by atoms with E-state index >= 15 is 0 Å². The Bertz CT molecular complexity index is 403. The zero-order valence-electron chi connectivity index (χ0n) is 8.02. The zero-order valence-corrected chi connectivity index (χ0v) is 9.60. The number of nitrogens with one attached hydrogen (secondary N) is 2. The maximum Gasteiger partial charge on any atom is 0.246 e. The van der Waals surface area contributed by atoms with Gasteiger partial charge < -0.3 is 10.6 Å². The smallest absolute Gasteiger partial charge is 0.246 e. The van der Waals surface area contributed by atoms with E-state index in [0.717, 1.165) is 21.4 Å². The van der Waals surface area contributed by atoms with Crippen LogP contribution in [0.15, 0.2) is 16.6 Å². The lowest BCUT2D eigenvalue weighted by Crippen LogP contribution is -2.36. The fourth-order valence-corrected chi connectivity index (χ4v) is 1.83. The molecule has 1 aromatic carbocycles. The molecule has 74 valence electrons. The molecule has 2 rings (SSSR count). The summed E-state index contributed by atoms with van der Waals surface area (Å²) in [6.45, 7) is 3.86. The first kappa shape index (κ1) is 9.52. The van der Waals surface area contributed by atoms with Crippen LogP contribution in [0.5, 0.6) is 0 Å². The molecule has 0 aliphatic carbocycles. The van der Waals surface area contributed by atoms with Crippen molar-refractivity contribution in [1.82, 2.24) is 0 Å². The number of fused-ring (bicyclic) bond motifs is 1. The fraction of sp³-hybridized carbons (Fsp3) is 0.300. The summed E-state index contributed by atoms with van der Waals surface area (Å²) in [5.41, 5.74) is 2.98. The number of carbonyl (C=O) groups is 1. The standard InChI is InChI=1S/C10H11BrN2O/c1-5-7(11)3-4-8-9(5)12-6(2)10(14)13-8/h3-4,6,12H,1-2H3,(H,13,14). The molecule has 14 heavy (non-hydrogen) atoms. The lowest BCUT2D eigenvalue weighted by atomic mass is 10.1. The molecule has 1 amide bonds. The molecule has 0 saturated heterocycles. The minimum absolute atomic E-state index is 0.0132. The summed E-state index contributed by atoms with van der Waals surface area (Å²) < 4.78 is 1.05. The molecule has 0 bridgehead atoms. The number of hydrogen-bond donors (Lipinski definition) is 2. The SMILES string of the molecule is Cc1c(Br)ccc2c1NC(C)C(=O)N2. The van der Waals surface area contributed by atoms with Gasteiger partial charge in [-0.3, -0.25) is 4.79 Å². The van der Waals surface area contributed by atoms with Crippen molar-refractivity contribution in [2.45, 2.75) is 19.9 Å². The monoisotopic (exact) mass is 254 g/mol. The summed E-state index contributed by atoms with van der Waals surface area (Å²) in [5, 5.41) is 6.03. The highest BCUT2D eigenvalue weighted by atomic mass is 79.9. The fourth-order valence-electron chi connectivity index (χ4n) is 1.50. The van der Waals surface area contributed by atoms with Gasteiger partial charge in [0.15, 0.2) is 0 Å². The second-order valence-corrected chi connectivity index (χ2v) is 4.30. The van der Waals surface area contributed by atoms with E-state index in [0.29, 0.717) is 0 Å². The predicted molar refractivity (Wildman–Crippen MR) is 60.6 cm³/mol. The van der Waals surface area contributed by atoms with E-state index in [1.807, 2.05) is 26.0 Å². The molecule has 1 aliphatic rings. The van der Waals surface area contributed by atoms with Crippen molar-refractivity contribution in [3.05, 3.63) is 22.2 Å². The van der Waals surface area contributed by atoms with Crippen LogP contribution in [-0.4, -0.2) is 11.9 Å². The molecule has 1 unspecified atom stereocenters. The highest BCUT2D eigenvalue weighted by Crippen LogP contribution is 2.34. The van der Waals surface area contributed by atoms with Crippen LogP contribution >= 0.6 is 15.9 Å². The van der Waals surface area contributed by atoms with Gasteiger partial charge in [0, 0.05) is 4.47 Å². The van der Waals surface area contributed by atoms with Gasteiger partial charge in [-0.25, -0.2) is 0 Å². The van der Waals surface area contributed by atoms with E-state index < -0.39 is 0 Å². The summed E-state index contributed by atoms with van der Waals surface area (Å²) in [6.07, 6.45) is 0. The lowest BCUT2D eigenvalue weighted by molar-refractivity contribution is -0.116. The Morgan fingerprint density at radius 3 is 2.86 bits per heavy atom. The van der Waals surface area contributed by atoms with Crippen LogP contribution in [0.1, 0.15) is 12.5 Å². The van der Waals surface area contributed by atoms with Crippen molar-refractivity contribution in [2.75, 3.05) is 10.6 Å². The number of amides is 1. The van der Waals surface area contributed by atoms with Gasteiger partial charge in [-0.2, -0.15) is 0 Å². The first-order valence-corrected chi connectivity index (χ1v) is 5.25. The number of anilines is 2. The van der Waals surface area contributed by atoms with Crippen molar-refractivity contribution in [3.8, 4) is 0 Å². The van der Waals surface area contributed by atoms with Crippen molar-refractivity contribution in [1.29, 1.82) is 0 Å². The van der Waals surface area contributed by atoms with Crippen molar-refractivity contribution < 1.29 is 4.79 Å². The van der Waals surface area contributed by atoms with Crippen LogP contribution in [-0.2, 0) is 4.79 Å². The van der Waals surface area contributed by atoms with Gasteiger partial charge >= 0.3 is 0 Å². The molecule has 0 spiro atoms. The van der Waals surface area contributed by atoms with E-state index in [9.17, 15) is 4.79 Å². The van der Waals surface area contributed by atoms with Gasteiger partial charge in [0.25, 0.3) is 0 Å². The normalized spacial score (nSPS) is 19.6. The van der Waals surface area contributed by atoms with Gasteiger partial charge in [-0.05, 0) is 31.5 Å². The predicted octanol–water partition coefficient (Wildman–Crippen LogP) is 2.51. The molecule has 0 saturated carbocycles. The molecule has 0 aromatic heterocycles. The maximum absolute atomic E-state index is 11.4. The quantitative estimate of drug-likeness (QED) is 0.747. The third-order valence-electron chi connectivity index (χ3n) is 2.41. The summed E-state index contributed by atoms with van der Waals surface area (Å²) in [4.78, 5) is 11.4. The summed E-state index contributed by atoms with van der Waals surface area (Å²) in [5.74, 6) is 0.0132. The molecule has 1 aliphatic heterocycles. The molecule has 2 N–H and O–H groups in total. The van der Waals surface area contributed by atoms with Gasteiger partial charge in [0.05, 0.1) is 11.4 Å². The Morgan fingerprint density at radius 1 is 1.43 bits per heavy atom. The van der Waals surface area contributed by atoms with Crippen LogP contribution in [0.3, 0.4) is 0 Å². The number of carbonyl (C=O) groups excluding carboxylic acids is 1. The van der Waals surface area contributed by atoms with Crippen LogP contribution in [0.4, 0.5) is 11.4 Å². The average molecular weight is 255 g/mol. The van der Waals surface area contributed by atoms with Crippen molar-refractivity contribution in [3.63, 3.8) is 0 Å². The van der Waals surface area contributed by atoms with Crippen molar-refractivity contribution >= 4 is 33.2 Å². The summed E-state index contributed by atoms with van der Waals surface area (Å²) >= 11 is 3.46. The van der Waals surface area contributed by atoms with Gasteiger partial charge in [0.1, 0.15) is 6.04 Å². The van der Waals surface area contributed by atoms with E-state index in [4.69, 9.17) is 0 Å². The maximum atomic E-state index is 11.4. The van der Waals surface area contributed by atoms with E-state index in [1.54, 1.807) is 0 Å². The molecule has 1 heterocycles. The number of benzene rings is 1. The third kappa shape index (κ3) is 1.39. The first-order chi connectivity index (χ1) is 6.59. The van der Waals surface area contributed by atoms with E-state index in [1.165, 1.54) is 0 Å². The second-order valence-electron chi connectivity index (χ2n) is 3.45. The highest BCUT2D eigenvalue weighted by molar-refractivity contribution is 9.10. The zero-order chi connectivity index (χ0) is 10.3. The largest absolute Gasteiger partial charge is 0.372 e. The number of rotatable bonds is 0. The molecular formula is C10H11BrN2O. The Balaban J connectivity index is 2.52. The Kier molecular flexibility index (Phi) is 2.23. The highest BCUT2D eigenvalue weighted by Gasteiger charge is 2.22. The van der Waals surface area contributed by atoms with E-state index in [-0.39, 0.29) is 11.9 Å². The van der Waals surface area contributed by atoms with Crippen LogP contribution in [0, 0.1) is 6.92 Å². The van der Waals surface area contributed by atoms with Crippen LogP contribution in [0.2, 0.25) is 0 Å². The van der Waals surface area contributed by atoms with Crippen LogP contribution < -0.4 is 10.6 Å². The van der Waals surface area contributed by atoms with Gasteiger partial charge in [0.2, 0.25) is 5.91 Å². The minimum atomic E-state index is -0.171. The minimum Gasteiger partial charge on any atom is -0.372 e. The average Bonchev–Trinajstić information content (AvgIpc) is 2.15. The molecule has 1 aromatic rings. The lowest BCUT2D eigenvalue weighted by Gasteiger charge is -2.26. The van der Waals surface area contributed by atoms with Gasteiger partial charge in [-0.15, -0.1) is 0 Å². The molecule has 3 nitrogen and oxygen atoms in total. The molecule has 0 fully saturated rings. The second kappa shape index (κ2) is 3.28. The molecular weight excluding hydrogens is 244 g/mol. The number of hydrogen-bond acceptors (Lipinski definition) is 2. The molecule has 1 atom stereocenters. The summed E-state index contributed by atoms with van der Waals surface area (Å²) in [6, 6.07) is 3.66. The molecule has 4 heteroatoms. The van der Waals surface area contributed by atoms with E-state index in [2.05, 4.69) is 26.6 Å².